The lowest BCUT2D eigenvalue weighted by Gasteiger charge is -2.18. The summed E-state index contributed by atoms with van der Waals surface area (Å²) in [7, 11) is 3.22. The molecule has 0 aliphatic rings. The minimum Gasteiger partial charge on any atom is -0.497 e. The molecule has 6 nitrogen and oxygen atoms in total. The third kappa shape index (κ3) is 5.37. The Morgan fingerprint density at radius 3 is 2.13 bits per heavy atom. The largest absolute Gasteiger partial charge is 0.497 e. The van der Waals surface area contributed by atoms with Crippen molar-refractivity contribution in [2.45, 2.75) is 6.04 Å². The Morgan fingerprint density at radius 2 is 1.52 bits per heavy atom. The number of halogens is 2. The molecule has 0 radical (unpaired) electrons. The second kappa shape index (κ2) is 10.3. The van der Waals surface area contributed by atoms with Crippen LogP contribution < -0.4 is 14.8 Å². The van der Waals surface area contributed by atoms with E-state index in [0.717, 1.165) is 16.8 Å². The molecule has 0 saturated carbocycles. The highest BCUT2D eigenvalue weighted by Gasteiger charge is 2.22. The van der Waals surface area contributed by atoms with E-state index in [1.165, 1.54) is 0 Å². The maximum atomic E-state index is 6.08. The van der Waals surface area contributed by atoms with E-state index in [9.17, 15) is 0 Å². The Balaban J connectivity index is 0.00000272. The number of benzene rings is 3. The van der Waals surface area contributed by atoms with E-state index in [2.05, 4.69) is 15.5 Å². The van der Waals surface area contributed by atoms with Crippen molar-refractivity contribution in [1.29, 1.82) is 0 Å². The van der Waals surface area contributed by atoms with Crippen LogP contribution in [-0.2, 0) is 0 Å². The van der Waals surface area contributed by atoms with Gasteiger partial charge in [-0.3, -0.25) is 0 Å². The first kappa shape index (κ1) is 22.7. The van der Waals surface area contributed by atoms with Gasteiger partial charge in [-0.05, 0) is 29.8 Å². The molecule has 0 fully saturated rings. The van der Waals surface area contributed by atoms with Crippen LogP contribution in [0.1, 0.15) is 17.5 Å². The van der Waals surface area contributed by atoms with Crippen LogP contribution in [0.2, 0.25) is 5.02 Å². The molecule has 1 atom stereocenters. The highest BCUT2D eigenvalue weighted by Crippen LogP contribution is 2.32. The van der Waals surface area contributed by atoms with E-state index >= 15 is 0 Å². The van der Waals surface area contributed by atoms with Crippen LogP contribution in [0, 0.1) is 0 Å². The van der Waals surface area contributed by atoms with Crippen LogP contribution in [0.5, 0.6) is 11.5 Å². The monoisotopic (exact) mass is 501 g/mol. The van der Waals surface area contributed by atoms with E-state index < -0.39 is 6.04 Å². The van der Waals surface area contributed by atoms with Crippen molar-refractivity contribution in [2.75, 3.05) is 19.5 Å². The molecular formula is C23H21BrClN3O3. The molecule has 8 heteroatoms. The van der Waals surface area contributed by atoms with Gasteiger partial charge in [0.15, 0.2) is 0 Å². The molecule has 31 heavy (non-hydrogen) atoms. The SMILES string of the molecule is Br.COc1cc(NC(c2ccc(Cl)cc2)c2nnc(-c3ccccc3)o2)cc(OC)c1. The molecule has 3 aromatic carbocycles. The number of hydrogen-bond acceptors (Lipinski definition) is 6. The topological polar surface area (TPSA) is 69.4 Å². The van der Waals surface area contributed by atoms with Gasteiger partial charge in [0.25, 0.3) is 0 Å². The van der Waals surface area contributed by atoms with Gasteiger partial charge in [-0.2, -0.15) is 0 Å². The van der Waals surface area contributed by atoms with Gasteiger partial charge >= 0.3 is 0 Å². The average molecular weight is 503 g/mol. The van der Waals surface area contributed by atoms with Crippen LogP contribution >= 0.6 is 28.6 Å². The third-order valence-electron chi connectivity index (χ3n) is 4.57. The smallest absolute Gasteiger partial charge is 0.247 e. The fourth-order valence-corrected chi connectivity index (χ4v) is 3.17. The van der Waals surface area contributed by atoms with Gasteiger partial charge in [0.05, 0.1) is 14.2 Å². The fourth-order valence-electron chi connectivity index (χ4n) is 3.05. The number of nitrogens with zero attached hydrogens (tertiary/aromatic N) is 2. The summed E-state index contributed by atoms with van der Waals surface area (Å²) < 4.78 is 16.8. The molecule has 1 aromatic heterocycles. The Morgan fingerprint density at radius 1 is 0.871 bits per heavy atom. The quantitative estimate of drug-likeness (QED) is 0.325. The first-order valence-electron chi connectivity index (χ1n) is 9.30. The van der Waals surface area contributed by atoms with Gasteiger partial charge in [-0.25, -0.2) is 0 Å². The standard InChI is InChI=1S/C23H20ClN3O3.BrH/c1-28-19-12-18(13-20(14-19)29-2)25-21(15-8-10-17(24)11-9-15)23-27-26-22(30-23)16-6-4-3-5-7-16;/h3-14,21,25H,1-2H3;1H. The summed E-state index contributed by atoms with van der Waals surface area (Å²) >= 11 is 6.08. The van der Waals surface area contributed by atoms with Crippen LogP contribution in [0.4, 0.5) is 5.69 Å². The lowest BCUT2D eigenvalue weighted by atomic mass is 10.1. The summed E-state index contributed by atoms with van der Waals surface area (Å²) in [6, 6.07) is 22.3. The normalized spacial score (nSPS) is 11.3. The average Bonchev–Trinajstić information content (AvgIpc) is 3.28. The van der Waals surface area contributed by atoms with Crippen LogP contribution in [0.15, 0.2) is 77.2 Å². The first-order chi connectivity index (χ1) is 14.7. The second-order valence-electron chi connectivity index (χ2n) is 6.54. The van der Waals surface area contributed by atoms with E-state index in [1.54, 1.807) is 14.2 Å². The third-order valence-corrected chi connectivity index (χ3v) is 4.83. The zero-order valence-electron chi connectivity index (χ0n) is 16.9. The molecule has 1 unspecified atom stereocenters. The van der Waals surface area contributed by atoms with Gasteiger partial charge in [0.2, 0.25) is 11.8 Å². The highest BCUT2D eigenvalue weighted by molar-refractivity contribution is 8.93. The lowest BCUT2D eigenvalue weighted by molar-refractivity contribution is 0.394. The van der Waals surface area contributed by atoms with Gasteiger partial charge in [-0.15, -0.1) is 27.2 Å². The molecule has 4 aromatic rings. The maximum absolute atomic E-state index is 6.08. The molecule has 0 bridgehead atoms. The molecule has 0 saturated heterocycles. The van der Waals surface area contributed by atoms with Gasteiger partial charge in [0.1, 0.15) is 17.5 Å². The predicted octanol–water partition coefficient (Wildman–Crippen LogP) is 6.19. The zero-order valence-corrected chi connectivity index (χ0v) is 19.4. The van der Waals surface area contributed by atoms with Crippen molar-refractivity contribution in [1.82, 2.24) is 10.2 Å². The fraction of sp³-hybridized carbons (Fsp3) is 0.130. The van der Waals surface area contributed by atoms with Crippen molar-refractivity contribution in [3.05, 3.63) is 89.3 Å². The van der Waals surface area contributed by atoms with E-state index in [0.29, 0.717) is 28.3 Å². The Bertz CT molecular complexity index is 1100. The van der Waals surface area contributed by atoms with E-state index in [1.807, 2.05) is 72.8 Å². The maximum Gasteiger partial charge on any atom is 0.247 e. The molecule has 0 aliphatic heterocycles. The van der Waals surface area contributed by atoms with Crippen molar-refractivity contribution >= 4 is 34.3 Å². The number of ether oxygens (including phenoxy) is 2. The number of anilines is 1. The van der Waals surface area contributed by atoms with Crippen LogP contribution in [0.25, 0.3) is 11.5 Å². The summed E-state index contributed by atoms with van der Waals surface area (Å²) in [5, 5.41) is 12.6. The Hall–Kier alpha value is -3.03. The summed E-state index contributed by atoms with van der Waals surface area (Å²) in [5.74, 6) is 2.22. The molecule has 1 N–H and O–H groups in total. The Kier molecular flexibility index (Phi) is 7.55. The second-order valence-corrected chi connectivity index (χ2v) is 6.98. The number of hydrogen-bond donors (Lipinski definition) is 1. The van der Waals surface area contributed by atoms with Crippen LogP contribution in [-0.4, -0.2) is 24.4 Å². The molecule has 4 rings (SSSR count). The number of nitrogens with one attached hydrogen (secondary N) is 1. The number of aromatic nitrogens is 2. The van der Waals surface area contributed by atoms with Gasteiger partial charge in [-0.1, -0.05) is 41.9 Å². The highest BCUT2D eigenvalue weighted by atomic mass is 79.9. The van der Waals surface area contributed by atoms with Crippen molar-refractivity contribution in [3.63, 3.8) is 0 Å². The van der Waals surface area contributed by atoms with Crippen LogP contribution in [0.3, 0.4) is 0 Å². The van der Waals surface area contributed by atoms with Crippen molar-refractivity contribution in [3.8, 4) is 23.0 Å². The molecule has 1 heterocycles. The number of rotatable bonds is 7. The van der Waals surface area contributed by atoms with Gasteiger partial charge < -0.3 is 19.2 Å². The summed E-state index contributed by atoms with van der Waals surface area (Å²) in [6.45, 7) is 0. The predicted molar refractivity (Wildman–Crippen MR) is 127 cm³/mol. The summed E-state index contributed by atoms with van der Waals surface area (Å²) in [6.07, 6.45) is 0. The van der Waals surface area contributed by atoms with Gasteiger partial charge in [0, 0.05) is 34.5 Å². The molecule has 0 spiro atoms. The van der Waals surface area contributed by atoms with Crippen molar-refractivity contribution < 1.29 is 13.9 Å². The Labute approximate surface area is 195 Å². The van der Waals surface area contributed by atoms with E-state index in [4.69, 9.17) is 25.5 Å². The summed E-state index contributed by atoms with van der Waals surface area (Å²) in [5.41, 5.74) is 2.56. The molecule has 0 amide bonds. The summed E-state index contributed by atoms with van der Waals surface area (Å²) in [4.78, 5) is 0. The zero-order chi connectivity index (χ0) is 20.9. The molecular weight excluding hydrogens is 482 g/mol. The van der Waals surface area contributed by atoms with E-state index in [-0.39, 0.29) is 17.0 Å². The number of methoxy groups -OCH3 is 2. The minimum atomic E-state index is -0.399. The molecule has 160 valence electrons. The molecule has 0 aliphatic carbocycles. The lowest BCUT2D eigenvalue weighted by Crippen LogP contribution is -2.13. The minimum absolute atomic E-state index is 0. The van der Waals surface area contributed by atoms with Crippen molar-refractivity contribution in [2.24, 2.45) is 0 Å². The first-order valence-corrected chi connectivity index (χ1v) is 9.68.